The van der Waals surface area contributed by atoms with Crippen molar-refractivity contribution in [3.63, 3.8) is 0 Å². The third kappa shape index (κ3) is 4.74. The van der Waals surface area contributed by atoms with E-state index in [1.54, 1.807) is 0 Å². The molecule has 6 nitrogen and oxygen atoms in total. The Morgan fingerprint density at radius 2 is 0.807 bits per heavy atom. The van der Waals surface area contributed by atoms with Gasteiger partial charge in [0.25, 0.3) is 0 Å². The third-order valence-corrected chi connectivity index (χ3v) is 11.0. The van der Waals surface area contributed by atoms with Crippen LogP contribution in [0.4, 0.5) is 0 Å². The minimum atomic E-state index is -0.490. The second-order valence-corrected chi connectivity index (χ2v) is 14.1. The summed E-state index contributed by atoms with van der Waals surface area (Å²) in [6.07, 6.45) is 0. The highest BCUT2D eigenvalue weighted by Gasteiger charge is 2.24. The molecule has 57 heavy (non-hydrogen) atoms. The molecule has 6 heteroatoms. The summed E-state index contributed by atoms with van der Waals surface area (Å²) in [7, 11) is 0. The first-order valence-electron chi connectivity index (χ1n) is 21.3. The van der Waals surface area contributed by atoms with Crippen LogP contribution in [0.15, 0.2) is 194 Å². The van der Waals surface area contributed by atoms with Gasteiger partial charge >= 0.3 is 0 Å². The molecule has 0 saturated carbocycles. The van der Waals surface area contributed by atoms with E-state index in [1.165, 1.54) is 0 Å². The maximum Gasteiger partial charge on any atom is 0.238 e. The lowest BCUT2D eigenvalue weighted by atomic mass is 10.1. The summed E-state index contributed by atoms with van der Waals surface area (Å²) in [6.45, 7) is 0. The fraction of sp³-hybridized carbons (Fsp3) is 0. The van der Waals surface area contributed by atoms with Crippen LogP contribution in [0.1, 0.15) is 6.85 Å². The summed E-state index contributed by atoms with van der Waals surface area (Å²) < 4.78 is 50.3. The Morgan fingerprint density at radius 3 is 1.44 bits per heavy atom. The van der Waals surface area contributed by atoms with Crippen LogP contribution in [0.2, 0.25) is 0 Å². The molecule has 0 aliphatic carbocycles. The third-order valence-electron chi connectivity index (χ3n) is 11.0. The van der Waals surface area contributed by atoms with E-state index in [-0.39, 0.29) is 23.2 Å². The Morgan fingerprint density at radius 1 is 0.351 bits per heavy atom. The van der Waals surface area contributed by atoms with Crippen molar-refractivity contribution in [3.05, 3.63) is 194 Å². The van der Waals surface area contributed by atoms with Gasteiger partial charge in [-0.2, -0.15) is 9.97 Å². The smallest absolute Gasteiger partial charge is 0.238 e. The largest absolute Gasteiger partial charge is 0.309 e. The maximum atomic E-state index is 9.06. The summed E-state index contributed by atoms with van der Waals surface area (Å²) in [6, 6.07) is 53.5. The predicted octanol–water partition coefficient (Wildman–Crippen LogP) is 12.5. The van der Waals surface area contributed by atoms with Gasteiger partial charge in [-0.1, -0.05) is 145 Å². The Kier molecular flexibility index (Phi) is 5.82. The zero-order valence-electron chi connectivity index (χ0n) is 35.3. The average Bonchev–Trinajstić information content (AvgIpc) is 3.96. The molecular formula is C51H32N6. The van der Waals surface area contributed by atoms with Crippen LogP contribution in [-0.2, 0) is 0 Å². The number of rotatable bonds is 5. The van der Waals surface area contributed by atoms with Gasteiger partial charge in [0.15, 0.2) is 11.6 Å². The number of hydrogen-bond donors (Lipinski definition) is 0. The predicted molar refractivity (Wildman–Crippen MR) is 234 cm³/mol. The van der Waals surface area contributed by atoms with E-state index in [4.69, 9.17) is 21.8 Å². The highest BCUT2D eigenvalue weighted by Crippen LogP contribution is 2.42. The molecule has 266 valence electrons. The molecule has 0 aliphatic heterocycles. The molecule has 12 aromatic rings. The van der Waals surface area contributed by atoms with E-state index in [9.17, 15) is 0 Å². The molecule has 0 fully saturated rings. The Balaban J connectivity index is 1.23. The minimum Gasteiger partial charge on any atom is -0.309 e. The zero-order chi connectivity index (χ0) is 41.8. The van der Waals surface area contributed by atoms with Crippen LogP contribution in [0.5, 0.6) is 0 Å². The van der Waals surface area contributed by atoms with Crippen molar-refractivity contribution in [2.75, 3.05) is 0 Å². The second-order valence-electron chi connectivity index (χ2n) is 14.1. The summed E-state index contributed by atoms with van der Waals surface area (Å²) in [5, 5.41) is 6.23. The molecular weight excluding hydrogens is 697 g/mol. The molecule has 0 amide bonds. The minimum absolute atomic E-state index is 0.0348. The van der Waals surface area contributed by atoms with Gasteiger partial charge in [-0.15, -0.1) is 0 Å². The highest BCUT2D eigenvalue weighted by molar-refractivity contribution is 6.23. The fourth-order valence-corrected chi connectivity index (χ4v) is 8.59. The van der Waals surface area contributed by atoms with Crippen LogP contribution in [0.25, 0.3) is 106 Å². The van der Waals surface area contributed by atoms with Gasteiger partial charge in [0, 0.05) is 54.8 Å². The standard InChI is InChI=1S/C51H32N6/c1-4-16-33(17-5-1)49-52-50(34-28-29-40-37-22-10-13-25-43(37)55(46(40)32-34)35-18-6-2-7-19-35)54-51(53-49)57-45-27-15-12-24-39(45)42-31-30-41-38-23-11-14-26-44(38)56(47(41)48(42)57)36-20-8-3-9-21-36/h1-32H/i1D,4D,5D,16D,17D. The van der Waals surface area contributed by atoms with E-state index in [0.29, 0.717) is 5.56 Å². The molecule has 0 N–H and O–H groups in total. The van der Waals surface area contributed by atoms with Gasteiger partial charge in [-0.3, -0.25) is 4.57 Å². The number of fused-ring (bicyclic) bond motifs is 10. The van der Waals surface area contributed by atoms with Crippen molar-refractivity contribution in [1.82, 2.24) is 28.7 Å². The molecule has 4 aromatic heterocycles. The topological polar surface area (TPSA) is 53.5 Å². The highest BCUT2D eigenvalue weighted by atomic mass is 15.2. The summed E-state index contributed by atoms with van der Waals surface area (Å²) in [4.78, 5) is 15.4. The van der Waals surface area contributed by atoms with Crippen molar-refractivity contribution >= 4 is 65.4 Å². The molecule has 4 heterocycles. The van der Waals surface area contributed by atoms with Crippen LogP contribution < -0.4 is 0 Å². The number of nitrogens with zero attached hydrogens (tertiary/aromatic N) is 6. The fourth-order valence-electron chi connectivity index (χ4n) is 8.59. The molecule has 0 aliphatic rings. The molecule has 0 unspecified atom stereocenters. The average molecular weight is 734 g/mol. The normalized spacial score (nSPS) is 13.1. The molecule has 0 saturated heterocycles. The molecule has 0 atom stereocenters. The van der Waals surface area contributed by atoms with Gasteiger partial charge in [0.1, 0.15) is 0 Å². The lowest BCUT2D eigenvalue weighted by Crippen LogP contribution is -2.07. The second kappa shape index (κ2) is 12.3. The van der Waals surface area contributed by atoms with Gasteiger partial charge < -0.3 is 9.13 Å². The van der Waals surface area contributed by atoms with Gasteiger partial charge in [-0.25, -0.2) is 4.98 Å². The van der Waals surface area contributed by atoms with Crippen LogP contribution in [0, 0.1) is 0 Å². The van der Waals surface area contributed by atoms with Crippen molar-refractivity contribution in [3.8, 4) is 40.1 Å². The van der Waals surface area contributed by atoms with E-state index in [0.717, 1.165) is 76.8 Å². The Labute approximate surface area is 334 Å². The zero-order valence-corrected chi connectivity index (χ0v) is 30.3. The molecule has 8 aromatic carbocycles. The number of aromatic nitrogens is 6. The van der Waals surface area contributed by atoms with Gasteiger partial charge in [-0.05, 0) is 48.5 Å². The molecule has 0 spiro atoms. The number of benzene rings is 8. The quantitative estimate of drug-likeness (QED) is 0.177. The summed E-state index contributed by atoms with van der Waals surface area (Å²) in [5.41, 5.74) is 8.20. The van der Waals surface area contributed by atoms with Crippen molar-refractivity contribution in [1.29, 1.82) is 0 Å². The van der Waals surface area contributed by atoms with Gasteiger partial charge in [0.2, 0.25) is 5.95 Å². The van der Waals surface area contributed by atoms with E-state index in [1.807, 2.05) is 83.4 Å². The van der Waals surface area contributed by atoms with Gasteiger partial charge in [0.05, 0.1) is 40.0 Å². The lowest BCUT2D eigenvalue weighted by molar-refractivity contribution is 0.953. The molecule has 0 radical (unpaired) electrons. The lowest BCUT2D eigenvalue weighted by Gasteiger charge is -2.13. The van der Waals surface area contributed by atoms with Crippen molar-refractivity contribution in [2.24, 2.45) is 0 Å². The van der Waals surface area contributed by atoms with Crippen LogP contribution in [0.3, 0.4) is 0 Å². The molecule has 0 bridgehead atoms. The van der Waals surface area contributed by atoms with Crippen LogP contribution in [-0.4, -0.2) is 28.7 Å². The maximum absolute atomic E-state index is 9.06. The first kappa shape index (κ1) is 26.9. The first-order valence-corrected chi connectivity index (χ1v) is 18.8. The SMILES string of the molecule is [2H]c1c([2H])c([2H])c(-c2nc(-c3ccc4c5ccccc5n(-c5ccccc5)c4c3)nc(-n3c4ccccc4c4ccc5c6ccccc6n(-c6ccccc6)c5c43)n2)c([2H])c1[2H]. The first-order chi connectivity index (χ1) is 30.4. The Bertz CT molecular complexity index is 3790. The summed E-state index contributed by atoms with van der Waals surface area (Å²) >= 11 is 0. The van der Waals surface area contributed by atoms with Crippen molar-refractivity contribution < 1.29 is 6.85 Å². The summed E-state index contributed by atoms with van der Waals surface area (Å²) in [5.74, 6) is 0.488. The van der Waals surface area contributed by atoms with E-state index in [2.05, 4.69) is 94.1 Å². The van der Waals surface area contributed by atoms with E-state index >= 15 is 0 Å². The number of para-hydroxylation sites is 5. The number of hydrogen-bond acceptors (Lipinski definition) is 3. The van der Waals surface area contributed by atoms with E-state index < -0.39 is 30.2 Å². The molecule has 12 rings (SSSR count). The monoisotopic (exact) mass is 733 g/mol. The van der Waals surface area contributed by atoms with Crippen molar-refractivity contribution in [2.45, 2.75) is 0 Å². The van der Waals surface area contributed by atoms with Crippen LogP contribution >= 0.6 is 0 Å². The Hall–Kier alpha value is -7.83.